The number of aromatic amines is 1. The maximum atomic E-state index is 6.17. The molecule has 0 radical (unpaired) electrons. The number of hydrogen-bond acceptors (Lipinski definition) is 2. The van der Waals surface area contributed by atoms with Gasteiger partial charge in [0.1, 0.15) is 0 Å². The highest BCUT2D eigenvalue weighted by atomic mass is 14.9. The maximum absolute atomic E-state index is 6.17. The monoisotopic (exact) mass is 179 g/mol. The van der Waals surface area contributed by atoms with Gasteiger partial charge in [0, 0.05) is 18.4 Å². The minimum absolute atomic E-state index is 0.216. The van der Waals surface area contributed by atoms with Crippen LogP contribution < -0.4 is 11.1 Å². The van der Waals surface area contributed by atoms with Crippen LogP contribution in [0.1, 0.15) is 24.4 Å². The zero-order chi connectivity index (χ0) is 9.10. The van der Waals surface area contributed by atoms with E-state index in [2.05, 4.69) is 16.4 Å². The Morgan fingerprint density at radius 3 is 2.77 bits per heavy atom. The van der Waals surface area contributed by atoms with E-state index in [0.717, 1.165) is 13.1 Å². The second-order valence-corrected chi connectivity index (χ2v) is 3.76. The lowest BCUT2D eigenvalue weighted by Crippen LogP contribution is -2.33. The van der Waals surface area contributed by atoms with Crippen molar-refractivity contribution < 1.29 is 0 Å². The SMILES string of the molecule is NC(c1cc[nH]c1)C1CCNCC1. The van der Waals surface area contributed by atoms with Gasteiger partial charge >= 0.3 is 0 Å². The van der Waals surface area contributed by atoms with E-state index in [-0.39, 0.29) is 6.04 Å². The van der Waals surface area contributed by atoms with E-state index in [9.17, 15) is 0 Å². The Balaban J connectivity index is 1.99. The maximum Gasteiger partial charge on any atom is 0.0339 e. The van der Waals surface area contributed by atoms with Gasteiger partial charge in [0.2, 0.25) is 0 Å². The van der Waals surface area contributed by atoms with Crippen molar-refractivity contribution in [2.75, 3.05) is 13.1 Å². The molecular formula is C10H17N3. The van der Waals surface area contributed by atoms with Crippen LogP contribution in [0.2, 0.25) is 0 Å². The van der Waals surface area contributed by atoms with Gasteiger partial charge in [0.05, 0.1) is 0 Å². The first-order valence-corrected chi connectivity index (χ1v) is 4.97. The van der Waals surface area contributed by atoms with Crippen LogP contribution >= 0.6 is 0 Å². The highest BCUT2D eigenvalue weighted by Crippen LogP contribution is 2.25. The molecule has 0 amide bonds. The molecule has 3 nitrogen and oxygen atoms in total. The number of nitrogens with two attached hydrogens (primary N) is 1. The molecule has 2 rings (SSSR count). The number of H-pyrrole nitrogens is 1. The quantitative estimate of drug-likeness (QED) is 0.634. The van der Waals surface area contributed by atoms with Gasteiger partial charge in [-0.25, -0.2) is 0 Å². The average Bonchev–Trinajstić information content (AvgIpc) is 2.71. The van der Waals surface area contributed by atoms with Crippen molar-refractivity contribution in [3.05, 3.63) is 24.0 Å². The van der Waals surface area contributed by atoms with E-state index in [4.69, 9.17) is 5.73 Å². The third-order valence-electron chi connectivity index (χ3n) is 2.90. The summed E-state index contributed by atoms with van der Waals surface area (Å²) in [4.78, 5) is 3.05. The molecule has 3 heteroatoms. The fourth-order valence-electron chi connectivity index (χ4n) is 2.02. The number of piperidine rings is 1. The van der Waals surface area contributed by atoms with E-state index in [1.54, 1.807) is 0 Å². The summed E-state index contributed by atoms with van der Waals surface area (Å²) in [5.74, 6) is 0.650. The van der Waals surface area contributed by atoms with Crippen LogP contribution in [0.5, 0.6) is 0 Å². The largest absolute Gasteiger partial charge is 0.367 e. The first-order valence-electron chi connectivity index (χ1n) is 4.97. The molecule has 1 aromatic heterocycles. The molecule has 2 heterocycles. The van der Waals surface area contributed by atoms with Crippen LogP contribution in [0, 0.1) is 5.92 Å². The van der Waals surface area contributed by atoms with Gasteiger partial charge < -0.3 is 16.0 Å². The minimum atomic E-state index is 0.216. The molecule has 1 fully saturated rings. The highest BCUT2D eigenvalue weighted by molar-refractivity contribution is 5.14. The molecule has 1 aliphatic rings. The first kappa shape index (κ1) is 8.78. The van der Waals surface area contributed by atoms with Gasteiger partial charge in [-0.3, -0.25) is 0 Å². The Bertz CT molecular complexity index is 237. The summed E-state index contributed by atoms with van der Waals surface area (Å²) >= 11 is 0. The normalized spacial score (nSPS) is 21.6. The van der Waals surface area contributed by atoms with Crippen molar-refractivity contribution >= 4 is 0 Å². The first-order chi connectivity index (χ1) is 6.38. The van der Waals surface area contributed by atoms with Crippen molar-refractivity contribution in [2.45, 2.75) is 18.9 Å². The lowest BCUT2D eigenvalue weighted by Gasteiger charge is -2.27. The lowest BCUT2D eigenvalue weighted by molar-refractivity contribution is 0.322. The second-order valence-electron chi connectivity index (χ2n) is 3.76. The Labute approximate surface area is 78.7 Å². The molecule has 0 bridgehead atoms. The topological polar surface area (TPSA) is 53.8 Å². The standard InChI is InChI=1S/C10H17N3/c11-10(9-3-6-13-7-9)8-1-4-12-5-2-8/h3,6-8,10,12-13H,1-2,4-5,11H2. The van der Waals surface area contributed by atoms with Crippen LogP contribution in [-0.4, -0.2) is 18.1 Å². The van der Waals surface area contributed by atoms with Crippen molar-refractivity contribution in [1.82, 2.24) is 10.3 Å². The molecule has 72 valence electrons. The second kappa shape index (κ2) is 3.94. The number of rotatable bonds is 2. The van der Waals surface area contributed by atoms with E-state index in [1.807, 2.05) is 12.4 Å². The van der Waals surface area contributed by atoms with Gasteiger partial charge in [-0.15, -0.1) is 0 Å². The van der Waals surface area contributed by atoms with Crippen LogP contribution in [0.25, 0.3) is 0 Å². The summed E-state index contributed by atoms with van der Waals surface area (Å²) in [5, 5.41) is 3.35. The molecule has 0 spiro atoms. The molecule has 0 aromatic carbocycles. The molecule has 1 saturated heterocycles. The van der Waals surface area contributed by atoms with Crippen molar-refractivity contribution in [3.63, 3.8) is 0 Å². The van der Waals surface area contributed by atoms with Gasteiger partial charge in [0.25, 0.3) is 0 Å². The smallest absolute Gasteiger partial charge is 0.0339 e. The van der Waals surface area contributed by atoms with Gasteiger partial charge in [-0.05, 0) is 43.5 Å². The molecule has 4 N–H and O–H groups in total. The summed E-state index contributed by atoms with van der Waals surface area (Å²) in [5.41, 5.74) is 7.41. The van der Waals surface area contributed by atoms with E-state index in [1.165, 1.54) is 18.4 Å². The average molecular weight is 179 g/mol. The predicted octanol–water partition coefficient (Wildman–Crippen LogP) is 1.01. The molecule has 13 heavy (non-hydrogen) atoms. The number of hydrogen-bond donors (Lipinski definition) is 3. The Hall–Kier alpha value is -0.800. The van der Waals surface area contributed by atoms with E-state index in [0.29, 0.717) is 5.92 Å². The van der Waals surface area contributed by atoms with Crippen LogP contribution in [-0.2, 0) is 0 Å². The van der Waals surface area contributed by atoms with Crippen molar-refractivity contribution in [1.29, 1.82) is 0 Å². The molecular weight excluding hydrogens is 162 g/mol. The zero-order valence-corrected chi connectivity index (χ0v) is 7.79. The molecule has 1 aromatic rings. The summed E-state index contributed by atoms with van der Waals surface area (Å²) < 4.78 is 0. The van der Waals surface area contributed by atoms with Gasteiger partial charge in [-0.1, -0.05) is 0 Å². The molecule has 1 aliphatic heterocycles. The summed E-state index contributed by atoms with van der Waals surface area (Å²) in [6.45, 7) is 2.23. The third-order valence-corrected chi connectivity index (χ3v) is 2.90. The summed E-state index contributed by atoms with van der Waals surface area (Å²) in [7, 11) is 0. The molecule has 0 aliphatic carbocycles. The van der Waals surface area contributed by atoms with Crippen LogP contribution in [0.3, 0.4) is 0 Å². The predicted molar refractivity (Wildman–Crippen MR) is 53.3 cm³/mol. The Morgan fingerprint density at radius 2 is 2.15 bits per heavy atom. The fraction of sp³-hybridized carbons (Fsp3) is 0.600. The Kier molecular flexibility index (Phi) is 2.66. The van der Waals surface area contributed by atoms with Gasteiger partial charge in [0.15, 0.2) is 0 Å². The summed E-state index contributed by atoms with van der Waals surface area (Å²) in [6, 6.07) is 2.29. The highest BCUT2D eigenvalue weighted by Gasteiger charge is 2.21. The van der Waals surface area contributed by atoms with E-state index < -0.39 is 0 Å². The minimum Gasteiger partial charge on any atom is -0.367 e. The number of nitrogens with one attached hydrogen (secondary N) is 2. The zero-order valence-electron chi connectivity index (χ0n) is 7.79. The van der Waals surface area contributed by atoms with Crippen LogP contribution in [0.15, 0.2) is 18.5 Å². The van der Waals surface area contributed by atoms with Crippen molar-refractivity contribution in [2.24, 2.45) is 11.7 Å². The number of aromatic nitrogens is 1. The lowest BCUT2D eigenvalue weighted by atomic mass is 9.88. The van der Waals surface area contributed by atoms with E-state index >= 15 is 0 Å². The van der Waals surface area contributed by atoms with Gasteiger partial charge in [-0.2, -0.15) is 0 Å². The van der Waals surface area contributed by atoms with Crippen molar-refractivity contribution in [3.8, 4) is 0 Å². The fourth-order valence-corrected chi connectivity index (χ4v) is 2.02. The van der Waals surface area contributed by atoms with Crippen LogP contribution in [0.4, 0.5) is 0 Å². The Morgan fingerprint density at radius 1 is 1.38 bits per heavy atom. The summed E-state index contributed by atoms with van der Waals surface area (Å²) in [6.07, 6.45) is 6.35. The third kappa shape index (κ3) is 1.92. The molecule has 1 unspecified atom stereocenters. The molecule has 1 atom stereocenters. The molecule has 0 saturated carbocycles.